The fourth-order valence-electron chi connectivity index (χ4n) is 2.71. The Bertz CT molecular complexity index is 371. The quantitative estimate of drug-likeness (QED) is 0.901. The second-order valence-corrected chi connectivity index (χ2v) is 4.68. The zero-order valence-corrected chi connectivity index (χ0v) is 13.9. The van der Waals surface area contributed by atoms with E-state index in [1.807, 2.05) is 6.92 Å². The van der Waals surface area contributed by atoms with Crippen LogP contribution in [-0.2, 0) is 0 Å². The molecule has 0 radical (unpaired) electrons. The molecule has 1 aromatic carbocycles. The topological polar surface area (TPSA) is 24.5 Å². The summed E-state index contributed by atoms with van der Waals surface area (Å²) in [6.45, 7) is 9.46. The van der Waals surface area contributed by atoms with E-state index in [4.69, 9.17) is 4.74 Å². The number of benzene rings is 1. The van der Waals surface area contributed by atoms with Crippen molar-refractivity contribution >= 4 is 24.8 Å². The van der Waals surface area contributed by atoms with Crippen LogP contribution in [0.1, 0.15) is 31.9 Å². The van der Waals surface area contributed by atoms with Crippen LogP contribution < -0.4 is 10.1 Å². The van der Waals surface area contributed by atoms with Crippen molar-refractivity contribution in [1.29, 1.82) is 0 Å². The third kappa shape index (κ3) is 4.81. The number of ether oxygens (including phenoxy) is 1. The lowest BCUT2D eigenvalue weighted by atomic mass is 10.0. The van der Waals surface area contributed by atoms with Crippen LogP contribution in [0.2, 0.25) is 0 Å². The maximum absolute atomic E-state index is 5.77. The first-order chi connectivity index (χ1) is 8.86. The van der Waals surface area contributed by atoms with E-state index in [2.05, 4.69) is 41.4 Å². The Hall–Kier alpha value is -0.480. The van der Waals surface area contributed by atoms with E-state index in [1.165, 1.54) is 5.56 Å². The molecule has 116 valence electrons. The van der Waals surface area contributed by atoms with E-state index in [1.54, 1.807) is 0 Å². The van der Waals surface area contributed by atoms with Gasteiger partial charge in [0.1, 0.15) is 5.75 Å². The first-order valence-electron chi connectivity index (χ1n) is 7.03. The molecule has 2 rings (SSSR count). The molecule has 1 atom stereocenters. The molecule has 1 fully saturated rings. The van der Waals surface area contributed by atoms with Crippen molar-refractivity contribution in [3.63, 3.8) is 0 Å². The number of rotatable bonds is 5. The number of para-hydroxylation sites is 1. The van der Waals surface area contributed by atoms with Crippen LogP contribution >= 0.6 is 24.8 Å². The molecule has 1 aromatic rings. The van der Waals surface area contributed by atoms with E-state index in [0.717, 1.165) is 45.0 Å². The van der Waals surface area contributed by atoms with Crippen LogP contribution in [0, 0.1) is 0 Å². The molecule has 0 bridgehead atoms. The molecule has 0 amide bonds. The Labute approximate surface area is 134 Å². The molecule has 1 aliphatic rings. The molecule has 3 nitrogen and oxygen atoms in total. The van der Waals surface area contributed by atoms with Crippen LogP contribution in [0.4, 0.5) is 0 Å². The highest BCUT2D eigenvalue weighted by molar-refractivity contribution is 5.85. The first-order valence-corrected chi connectivity index (χ1v) is 7.03. The van der Waals surface area contributed by atoms with Gasteiger partial charge in [-0.05, 0) is 19.4 Å². The van der Waals surface area contributed by atoms with Gasteiger partial charge in [-0.2, -0.15) is 0 Å². The molecule has 0 spiro atoms. The summed E-state index contributed by atoms with van der Waals surface area (Å²) in [6.07, 6.45) is 1.13. The third-order valence-corrected chi connectivity index (χ3v) is 3.56. The summed E-state index contributed by atoms with van der Waals surface area (Å²) in [5.41, 5.74) is 1.34. The number of piperazine rings is 1. The molecule has 0 saturated carbocycles. The van der Waals surface area contributed by atoms with Crippen molar-refractivity contribution in [3.8, 4) is 5.75 Å². The summed E-state index contributed by atoms with van der Waals surface area (Å²) in [6, 6.07) is 8.95. The standard InChI is InChI=1S/C15H24N2O.2ClH/c1-3-14(17-11-9-16-10-12-17)13-7-5-6-8-15(13)18-4-2;;/h5-8,14,16H,3-4,9-12H2,1-2H3;2*1H/t14-;;/m1../s1. The van der Waals surface area contributed by atoms with Crippen LogP contribution in [-0.4, -0.2) is 37.7 Å². The molecule has 5 heteroatoms. The van der Waals surface area contributed by atoms with E-state index in [-0.39, 0.29) is 24.8 Å². The summed E-state index contributed by atoms with van der Waals surface area (Å²) in [7, 11) is 0. The minimum atomic E-state index is 0. The second-order valence-electron chi connectivity index (χ2n) is 4.68. The highest BCUT2D eigenvalue weighted by atomic mass is 35.5. The van der Waals surface area contributed by atoms with Crippen LogP contribution in [0.5, 0.6) is 5.75 Å². The summed E-state index contributed by atoms with van der Waals surface area (Å²) in [5, 5.41) is 3.41. The molecule has 0 aliphatic carbocycles. The monoisotopic (exact) mass is 320 g/mol. The van der Waals surface area contributed by atoms with Gasteiger partial charge in [-0.3, -0.25) is 4.90 Å². The first kappa shape index (κ1) is 19.5. The van der Waals surface area contributed by atoms with Gasteiger partial charge in [0.2, 0.25) is 0 Å². The molecule has 1 N–H and O–H groups in total. The number of nitrogens with one attached hydrogen (secondary N) is 1. The summed E-state index contributed by atoms with van der Waals surface area (Å²) < 4.78 is 5.77. The smallest absolute Gasteiger partial charge is 0.124 e. The Morgan fingerprint density at radius 2 is 1.80 bits per heavy atom. The molecule has 0 aromatic heterocycles. The maximum Gasteiger partial charge on any atom is 0.124 e. The lowest BCUT2D eigenvalue weighted by Gasteiger charge is -2.35. The van der Waals surface area contributed by atoms with E-state index in [0.29, 0.717) is 6.04 Å². The fraction of sp³-hybridized carbons (Fsp3) is 0.600. The van der Waals surface area contributed by atoms with Gasteiger partial charge >= 0.3 is 0 Å². The number of halogens is 2. The van der Waals surface area contributed by atoms with Gasteiger partial charge in [0.25, 0.3) is 0 Å². The zero-order valence-electron chi connectivity index (χ0n) is 12.3. The zero-order chi connectivity index (χ0) is 12.8. The normalized spacial score (nSPS) is 16.7. The van der Waals surface area contributed by atoms with E-state index in [9.17, 15) is 0 Å². The van der Waals surface area contributed by atoms with Crippen LogP contribution in [0.25, 0.3) is 0 Å². The van der Waals surface area contributed by atoms with Crippen molar-refractivity contribution in [1.82, 2.24) is 10.2 Å². The van der Waals surface area contributed by atoms with E-state index >= 15 is 0 Å². The van der Waals surface area contributed by atoms with Crippen LogP contribution in [0.15, 0.2) is 24.3 Å². The van der Waals surface area contributed by atoms with Crippen molar-refractivity contribution in [2.24, 2.45) is 0 Å². The van der Waals surface area contributed by atoms with Gasteiger partial charge in [0.05, 0.1) is 6.61 Å². The predicted molar refractivity (Wildman–Crippen MR) is 89.6 cm³/mol. The Morgan fingerprint density at radius 3 is 2.40 bits per heavy atom. The summed E-state index contributed by atoms with van der Waals surface area (Å²) in [4.78, 5) is 2.56. The summed E-state index contributed by atoms with van der Waals surface area (Å²) in [5.74, 6) is 1.05. The SMILES string of the molecule is CCOc1ccccc1[C@@H](CC)N1CCNCC1.Cl.Cl. The van der Waals surface area contributed by atoms with Gasteiger partial charge in [-0.1, -0.05) is 25.1 Å². The van der Waals surface area contributed by atoms with Crippen molar-refractivity contribution in [2.75, 3.05) is 32.8 Å². The second kappa shape index (κ2) is 10.3. The number of hydrogen-bond donors (Lipinski definition) is 1. The molecular formula is C15H26Cl2N2O. The molecule has 1 aliphatic heterocycles. The van der Waals surface area contributed by atoms with E-state index < -0.39 is 0 Å². The highest BCUT2D eigenvalue weighted by Crippen LogP contribution is 2.31. The van der Waals surface area contributed by atoms with Crippen molar-refractivity contribution < 1.29 is 4.74 Å². The van der Waals surface area contributed by atoms with Gasteiger partial charge in [0.15, 0.2) is 0 Å². The summed E-state index contributed by atoms with van der Waals surface area (Å²) >= 11 is 0. The maximum atomic E-state index is 5.77. The predicted octanol–water partition coefficient (Wildman–Crippen LogP) is 3.29. The molecular weight excluding hydrogens is 295 g/mol. The highest BCUT2D eigenvalue weighted by Gasteiger charge is 2.22. The van der Waals surface area contributed by atoms with Crippen molar-refractivity contribution in [2.45, 2.75) is 26.3 Å². The lowest BCUT2D eigenvalue weighted by Crippen LogP contribution is -2.45. The lowest BCUT2D eigenvalue weighted by molar-refractivity contribution is 0.165. The molecule has 1 saturated heterocycles. The molecule has 0 unspecified atom stereocenters. The molecule has 20 heavy (non-hydrogen) atoms. The van der Waals surface area contributed by atoms with Gasteiger partial charge in [-0.15, -0.1) is 24.8 Å². The minimum Gasteiger partial charge on any atom is -0.494 e. The Balaban J connectivity index is 0.00000180. The molecule has 1 heterocycles. The number of nitrogens with zero attached hydrogens (tertiary/aromatic N) is 1. The van der Waals surface area contributed by atoms with Gasteiger partial charge < -0.3 is 10.1 Å². The number of hydrogen-bond acceptors (Lipinski definition) is 3. The Morgan fingerprint density at radius 1 is 1.15 bits per heavy atom. The van der Waals surface area contributed by atoms with Crippen molar-refractivity contribution in [3.05, 3.63) is 29.8 Å². The van der Waals surface area contributed by atoms with Crippen LogP contribution in [0.3, 0.4) is 0 Å². The fourth-order valence-corrected chi connectivity index (χ4v) is 2.71. The van der Waals surface area contributed by atoms with Gasteiger partial charge in [-0.25, -0.2) is 0 Å². The Kier molecular flexibility index (Phi) is 10.0. The largest absolute Gasteiger partial charge is 0.494 e. The van der Waals surface area contributed by atoms with Gasteiger partial charge in [0, 0.05) is 37.8 Å². The average molecular weight is 321 g/mol. The average Bonchev–Trinajstić information content (AvgIpc) is 2.43. The third-order valence-electron chi connectivity index (χ3n) is 3.56. The minimum absolute atomic E-state index is 0.